The molecule has 2 aromatic rings. The maximum atomic E-state index is 12.9. The number of carboxylic acid groups (broad SMARTS) is 1. The number of fused-ring (bicyclic) bond motifs is 1. The van der Waals surface area contributed by atoms with Crippen molar-refractivity contribution in [3.63, 3.8) is 0 Å². The smallest absolute Gasteiger partial charge is 0.327 e. The van der Waals surface area contributed by atoms with Crippen LogP contribution in [0, 0.1) is 6.92 Å². The topological polar surface area (TPSA) is 142 Å². The van der Waals surface area contributed by atoms with E-state index in [0.717, 1.165) is 31.2 Å². The third-order valence-corrected chi connectivity index (χ3v) is 10.3. The van der Waals surface area contributed by atoms with Gasteiger partial charge in [-0.1, -0.05) is 65.1 Å². The standard InChI is InChI=1S/C19H19N3O5S.C10H15Cl2NO2/c1-9-11(12(21-27-9)10-7-5-4-6-8-10)15(23)20-13-16(24)22-14(18(25)26)19(2,3)28-17(13)22;11-8(12)9(14)13-6-7-15-10(13)4-2-1-3-5-10/h4-8,13-14,17H,1-3H3,(H,20,23)(H,25,26);8H,1-7H2/t13-,14+,17-;/m1./s1. The normalized spacial score (nSPS) is 25.2. The predicted molar refractivity (Wildman–Crippen MR) is 161 cm³/mol. The Balaban J connectivity index is 0.000000207. The number of rotatable bonds is 5. The second-order valence-electron chi connectivity index (χ2n) is 11.5. The molecule has 1 saturated carbocycles. The van der Waals surface area contributed by atoms with E-state index < -0.39 is 44.6 Å². The molecule has 0 radical (unpaired) electrons. The van der Waals surface area contributed by atoms with Gasteiger partial charge in [0.25, 0.3) is 11.8 Å². The minimum Gasteiger partial charge on any atom is -0.480 e. The molecule has 3 atom stereocenters. The predicted octanol–water partition coefficient (Wildman–Crippen LogP) is 4.20. The Kier molecular flexibility index (Phi) is 9.04. The molecule has 1 spiro atoms. The quantitative estimate of drug-likeness (QED) is 0.359. The van der Waals surface area contributed by atoms with Crippen LogP contribution in [0.1, 0.15) is 62.1 Å². The molecule has 14 heteroatoms. The molecule has 0 unspecified atom stereocenters. The number of alkyl halides is 2. The largest absolute Gasteiger partial charge is 0.480 e. The van der Waals surface area contributed by atoms with Crippen LogP contribution in [0.15, 0.2) is 34.9 Å². The summed E-state index contributed by atoms with van der Waals surface area (Å²) in [6, 6.07) is 7.46. The Hall–Kier alpha value is -2.80. The maximum absolute atomic E-state index is 12.9. The fraction of sp³-hybridized carbons (Fsp3) is 0.552. The fourth-order valence-corrected chi connectivity index (χ4v) is 8.21. The molecule has 1 aromatic heterocycles. The van der Waals surface area contributed by atoms with E-state index >= 15 is 0 Å². The molecule has 4 heterocycles. The van der Waals surface area contributed by atoms with E-state index in [9.17, 15) is 24.3 Å². The average Bonchev–Trinajstić information content (AvgIpc) is 3.64. The second-order valence-corrected chi connectivity index (χ2v) is 14.4. The van der Waals surface area contributed by atoms with Gasteiger partial charge in [-0.25, -0.2) is 4.79 Å². The molecular weight excluding hydrogens is 619 g/mol. The highest BCUT2D eigenvalue weighted by atomic mass is 35.5. The number of amides is 3. The van der Waals surface area contributed by atoms with E-state index in [1.54, 1.807) is 25.7 Å². The van der Waals surface area contributed by atoms with Gasteiger partial charge in [0.1, 0.15) is 40.2 Å². The minimum absolute atomic E-state index is 0.210. The number of carbonyl (C=O) groups is 4. The first-order valence-electron chi connectivity index (χ1n) is 14.2. The number of carboxylic acids is 1. The zero-order valence-corrected chi connectivity index (χ0v) is 26.4. The number of carbonyl (C=O) groups excluding carboxylic acids is 3. The van der Waals surface area contributed by atoms with Crippen molar-refractivity contribution in [2.24, 2.45) is 0 Å². The Bertz CT molecular complexity index is 1400. The number of hydrogen-bond acceptors (Lipinski definition) is 8. The van der Waals surface area contributed by atoms with E-state index in [1.807, 2.05) is 30.3 Å². The van der Waals surface area contributed by atoms with Crippen LogP contribution < -0.4 is 5.32 Å². The summed E-state index contributed by atoms with van der Waals surface area (Å²) in [7, 11) is 0. The van der Waals surface area contributed by atoms with Crippen molar-refractivity contribution in [1.82, 2.24) is 20.3 Å². The monoisotopic (exact) mass is 652 g/mol. The molecule has 1 aliphatic carbocycles. The van der Waals surface area contributed by atoms with Crippen LogP contribution in [0.5, 0.6) is 0 Å². The summed E-state index contributed by atoms with van der Waals surface area (Å²) in [4.78, 5) is 51.0. The van der Waals surface area contributed by atoms with E-state index in [4.69, 9.17) is 32.5 Å². The van der Waals surface area contributed by atoms with Crippen molar-refractivity contribution >= 4 is 58.7 Å². The van der Waals surface area contributed by atoms with Crippen LogP contribution in [0.25, 0.3) is 11.3 Å². The van der Waals surface area contributed by atoms with E-state index in [2.05, 4.69) is 10.5 Å². The van der Waals surface area contributed by atoms with Crippen LogP contribution >= 0.6 is 35.0 Å². The van der Waals surface area contributed by atoms with Crippen molar-refractivity contribution in [2.45, 2.75) is 85.6 Å². The highest BCUT2D eigenvalue weighted by Gasteiger charge is 2.64. The lowest BCUT2D eigenvalue weighted by molar-refractivity contribution is -0.159. The zero-order valence-electron chi connectivity index (χ0n) is 24.0. The van der Waals surface area contributed by atoms with Gasteiger partial charge in [-0.2, -0.15) is 0 Å². The van der Waals surface area contributed by atoms with E-state index in [-0.39, 0.29) is 17.4 Å². The zero-order chi connectivity index (χ0) is 31.1. The van der Waals surface area contributed by atoms with Gasteiger partial charge in [-0.15, -0.1) is 11.8 Å². The van der Waals surface area contributed by atoms with Gasteiger partial charge in [0.05, 0.1) is 6.61 Å². The first kappa shape index (κ1) is 31.6. The molecule has 11 nitrogen and oxygen atoms in total. The van der Waals surface area contributed by atoms with Crippen molar-refractivity contribution in [2.75, 3.05) is 13.2 Å². The SMILES string of the molecule is Cc1onc(-c2ccccc2)c1C(=O)N[C@@H]1C(=O)N2[C@@H]1SC(C)(C)[C@@H]2C(=O)O.O=C(C(Cl)Cl)N1CCOC12CCCCC2. The van der Waals surface area contributed by atoms with Gasteiger partial charge in [0.2, 0.25) is 5.91 Å². The molecule has 3 amide bonds. The van der Waals surface area contributed by atoms with Crippen LogP contribution in [0.3, 0.4) is 0 Å². The Morgan fingerprint density at radius 3 is 2.44 bits per heavy atom. The van der Waals surface area contributed by atoms with Crippen LogP contribution in [-0.4, -0.2) is 89.7 Å². The summed E-state index contributed by atoms with van der Waals surface area (Å²) in [5.41, 5.74) is 1.02. The van der Waals surface area contributed by atoms with Crippen LogP contribution in [0.4, 0.5) is 0 Å². The fourth-order valence-electron chi connectivity index (χ4n) is 6.35. The summed E-state index contributed by atoms with van der Waals surface area (Å²) in [5.74, 6) is -1.76. The highest BCUT2D eigenvalue weighted by molar-refractivity contribution is 8.01. The molecule has 0 bridgehead atoms. The first-order valence-corrected chi connectivity index (χ1v) is 15.9. The Labute approximate surface area is 263 Å². The lowest BCUT2D eigenvalue weighted by Crippen LogP contribution is -2.70. The van der Waals surface area contributed by atoms with Gasteiger partial charge in [-0.05, 0) is 46.5 Å². The third-order valence-electron chi connectivity index (χ3n) is 8.36. The number of aromatic nitrogens is 1. The molecule has 6 rings (SSSR count). The lowest BCUT2D eigenvalue weighted by Gasteiger charge is -2.43. The summed E-state index contributed by atoms with van der Waals surface area (Å²) in [6.45, 7) is 6.44. The molecule has 4 fully saturated rings. The summed E-state index contributed by atoms with van der Waals surface area (Å²) >= 11 is 12.6. The van der Waals surface area contributed by atoms with E-state index in [0.29, 0.717) is 24.6 Å². The molecule has 4 aliphatic rings. The van der Waals surface area contributed by atoms with Gasteiger partial charge >= 0.3 is 5.97 Å². The molecule has 232 valence electrons. The number of ether oxygens (including phenoxy) is 1. The van der Waals surface area contributed by atoms with E-state index in [1.165, 1.54) is 23.1 Å². The number of nitrogens with one attached hydrogen (secondary N) is 1. The van der Waals surface area contributed by atoms with Crippen molar-refractivity contribution in [3.8, 4) is 11.3 Å². The molecular formula is C29H34Cl2N4O7S. The molecule has 3 saturated heterocycles. The maximum Gasteiger partial charge on any atom is 0.327 e. The number of β-lactam (4-membered cyclic amide) rings is 1. The van der Waals surface area contributed by atoms with Gasteiger partial charge < -0.3 is 29.5 Å². The van der Waals surface area contributed by atoms with Gasteiger partial charge in [0, 0.05) is 16.9 Å². The van der Waals surface area contributed by atoms with Crippen molar-refractivity contribution < 1.29 is 33.5 Å². The lowest BCUT2D eigenvalue weighted by atomic mass is 9.90. The number of nitrogens with zero attached hydrogens (tertiary/aromatic N) is 3. The van der Waals surface area contributed by atoms with Gasteiger partial charge in [0.15, 0.2) is 4.84 Å². The number of halogens is 2. The molecule has 2 N–H and O–H groups in total. The first-order chi connectivity index (χ1) is 20.4. The van der Waals surface area contributed by atoms with Crippen LogP contribution in [0.2, 0.25) is 0 Å². The summed E-state index contributed by atoms with van der Waals surface area (Å²) < 4.78 is 10.3. The summed E-state index contributed by atoms with van der Waals surface area (Å²) in [6.07, 6.45) is 5.27. The molecule has 3 aliphatic heterocycles. The summed E-state index contributed by atoms with van der Waals surface area (Å²) in [5, 5.41) is 15.8. The van der Waals surface area contributed by atoms with Crippen LogP contribution in [-0.2, 0) is 19.1 Å². The van der Waals surface area contributed by atoms with Crippen molar-refractivity contribution in [3.05, 3.63) is 41.7 Å². The van der Waals surface area contributed by atoms with Crippen molar-refractivity contribution in [1.29, 1.82) is 0 Å². The number of aryl methyl sites for hydroxylation is 1. The minimum atomic E-state index is -1.04. The third kappa shape index (κ3) is 5.86. The number of benzene rings is 1. The number of hydrogen-bond donors (Lipinski definition) is 2. The molecule has 43 heavy (non-hydrogen) atoms. The number of aliphatic carboxylic acids is 1. The average molecular weight is 654 g/mol. The molecule has 1 aromatic carbocycles. The number of thioether (sulfide) groups is 1. The highest BCUT2D eigenvalue weighted by Crippen LogP contribution is 2.51. The van der Waals surface area contributed by atoms with Gasteiger partial charge in [-0.3, -0.25) is 14.4 Å². The Morgan fingerprint density at radius 2 is 1.81 bits per heavy atom. The Morgan fingerprint density at radius 1 is 1.14 bits per heavy atom. The second kappa shape index (κ2) is 12.3.